The summed E-state index contributed by atoms with van der Waals surface area (Å²) in [7, 11) is 0. The fourth-order valence-electron chi connectivity index (χ4n) is 7.59. The predicted octanol–water partition coefficient (Wildman–Crippen LogP) is 3.88. The minimum atomic E-state index is -1.78. The third-order valence-electron chi connectivity index (χ3n) is 11.3. The molecule has 0 radical (unpaired) electrons. The van der Waals surface area contributed by atoms with Gasteiger partial charge in [-0.1, -0.05) is 149 Å². The van der Waals surface area contributed by atoms with E-state index in [9.17, 15) is 45.6 Å². The number of nitrogens with one attached hydrogen (secondary N) is 1. The zero-order chi connectivity index (χ0) is 41.1. The van der Waals surface area contributed by atoms with E-state index in [1.165, 1.54) is 89.9 Å². The molecule has 0 spiro atoms. The molecule has 14 nitrogen and oxygen atoms in total. The van der Waals surface area contributed by atoms with E-state index in [2.05, 4.69) is 19.2 Å². The second kappa shape index (κ2) is 30.9. The number of hydrogen-bond donors (Lipinski definition) is 9. The van der Waals surface area contributed by atoms with Crippen molar-refractivity contribution in [1.82, 2.24) is 5.32 Å². The summed E-state index contributed by atoms with van der Waals surface area (Å²) in [4.78, 5) is 13.0. The van der Waals surface area contributed by atoms with Crippen LogP contribution in [0.25, 0.3) is 0 Å². The van der Waals surface area contributed by atoms with E-state index in [-0.39, 0.29) is 12.5 Å². The van der Waals surface area contributed by atoms with E-state index >= 15 is 0 Å². The molecule has 0 aromatic carbocycles. The van der Waals surface area contributed by atoms with Gasteiger partial charge in [-0.15, -0.1) is 0 Å². The third kappa shape index (κ3) is 19.4. The highest BCUT2D eigenvalue weighted by Gasteiger charge is 2.51. The van der Waals surface area contributed by atoms with E-state index in [0.717, 1.165) is 51.4 Å². The van der Waals surface area contributed by atoms with Crippen molar-refractivity contribution < 1.29 is 64.6 Å². The van der Waals surface area contributed by atoms with Gasteiger partial charge in [-0.3, -0.25) is 4.79 Å². The molecule has 9 N–H and O–H groups in total. The number of ether oxygens (including phenoxy) is 4. The van der Waals surface area contributed by atoms with Crippen LogP contribution < -0.4 is 5.32 Å². The zero-order valence-electron chi connectivity index (χ0n) is 34.6. The number of unbranched alkanes of at least 4 members (excludes halogenated alkanes) is 20. The summed E-state index contributed by atoms with van der Waals surface area (Å²) in [5.41, 5.74) is 0. The van der Waals surface area contributed by atoms with Crippen molar-refractivity contribution in [2.24, 2.45) is 0 Å². The van der Waals surface area contributed by atoms with Gasteiger partial charge >= 0.3 is 0 Å². The van der Waals surface area contributed by atoms with Crippen LogP contribution in [0, 0.1) is 0 Å². The largest absolute Gasteiger partial charge is 0.394 e. The van der Waals surface area contributed by atoms with E-state index in [0.29, 0.717) is 12.8 Å². The van der Waals surface area contributed by atoms with Crippen LogP contribution in [0.5, 0.6) is 0 Å². The SMILES string of the molecule is CCCCCCCCCCCCCCCC[C@@H](O)[C@H](CO[C@@H]1O[C@H](CO)[C@@H](O[C@@H]2O[C@H](CO)[C@H](O)C(O)C2O)C(O)C1O)NC(=O)CCCCCCCCCC. The van der Waals surface area contributed by atoms with Gasteiger partial charge in [0.05, 0.1) is 32.0 Å². The molecule has 14 heteroatoms. The van der Waals surface area contributed by atoms with Crippen LogP contribution in [0.3, 0.4) is 0 Å². The minimum Gasteiger partial charge on any atom is -0.394 e. The van der Waals surface area contributed by atoms with Gasteiger partial charge in [-0.05, 0) is 12.8 Å². The molecule has 0 aromatic rings. The maximum Gasteiger partial charge on any atom is 0.220 e. The maximum atomic E-state index is 13.0. The fourth-order valence-corrected chi connectivity index (χ4v) is 7.59. The Bertz CT molecular complexity index is 962. The molecule has 2 aliphatic heterocycles. The Balaban J connectivity index is 1.88. The standard InChI is InChI=1S/C42H81NO13/c1-3-5-7-9-11-13-14-15-16-17-18-19-21-23-25-31(46)30(43-34(47)26-24-22-20-12-10-8-6-4-2)29-53-41-39(52)37(50)40(33(28-45)55-41)56-42-38(51)36(49)35(48)32(27-44)54-42/h30-33,35-42,44-46,48-52H,3-29H2,1-2H3,(H,43,47)/t30-,31+,32+,33+,35-,36?,37?,38?,39?,40+,41+,42-/m0/s1. The maximum absolute atomic E-state index is 13.0. The lowest BCUT2D eigenvalue weighted by Crippen LogP contribution is -2.65. The predicted molar refractivity (Wildman–Crippen MR) is 212 cm³/mol. The van der Waals surface area contributed by atoms with Crippen LogP contribution in [0.2, 0.25) is 0 Å². The molecule has 2 rings (SSSR count). The van der Waals surface area contributed by atoms with Gasteiger partial charge in [0, 0.05) is 6.42 Å². The van der Waals surface area contributed by atoms with Gasteiger partial charge in [0.25, 0.3) is 0 Å². The first-order chi connectivity index (χ1) is 27.1. The van der Waals surface area contributed by atoms with E-state index < -0.39 is 86.8 Å². The molecule has 1 amide bonds. The molecule has 2 fully saturated rings. The van der Waals surface area contributed by atoms with Gasteiger partial charge in [0.15, 0.2) is 12.6 Å². The summed E-state index contributed by atoms with van der Waals surface area (Å²) >= 11 is 0. The average Bonchev–Trinajstić information content (AvgIpc) is 3.19. The molecule has 2 heterocycles. The molecule has 2 saturated heterocycles. The van der Waals surface area contributed by atoms with Crippen molar-refractivity contribution in [3.63, 3.8) is 0 Å². The lowest BCUT2D eigenvalue weighted by Gasteiger charge is -2.46. The van der Waals surface area contributed by atoms with Crippen LogP contribution >= 0.6 is 0 Å². The molecular formula is C42H81NO13. The summed E-state index contributed by atoms with van der Waals surface area (Å²) < 4.78 is 22.6. The summed E-state index contributed by atoms with van der Waals surface area (Å²) in [5, 5.41) is 86.4. The smallest absolute Gasteiger partial charge is 0.220 e. The minimum absolute atomic E-state index is 0.212. The lowest BCUT2D eigenvalue weighted by atomic mass is 9.97. The van der Waals surface area contributed by atoms with Crippen molar-refractivity contribution in [2.75, 3.05) is 19.8 Å². The van der Waals surface area contributed by atoms with Crippen LogP contribution in [0.15, 0.2) is 0 Å². The van der Waals surface area contributed by atoms with E-state index in [4.69, 9.17) is 18.9 Å². The number of aliphatic hydroxyl groups is 8. The molecule has 0 saturated carbocycles. The fraction of sp³-hybridized carbons (Fsp3) is 0.976. The Morgan fingerprint density at radius 2 is 1.02 bits per heavy atom. The highest BCUT2D eigenvalue weighted by molar-refractivity contribution is 5.76. The van der Waals surface area contributed by atoms with Gasteiger partial charge in [0.2, 0.25) is 5.91 Å². The normalized spacial score (nSPS) is 29.3. The molecule has 12 atom stereocenters. The summed E-state index contributed by atoms with van der Waals surface area (Å²) in [6, 6.07) is -0.817. The summed E-state index contributed by atoms with van der Waals surface area (Å²) in [5.74, 6) is -0.212. The lowest BCUT2D eigenvalue weighted by molar-refractivity contribution is -0.359. The zero-order valence-corrected chi connectivity index (χ0v) is 34.6. The van der Waals surface area contributed by atoms with Crippen molar-refractivity contribution in [2.45, 2.75) is 242 Å². The number of aliphatic hydroxyl groups excluding tert-OH is 8. The van der Waals surface area contributed by atoms with Crippen molar-refractivity contribution in [1.29, 1.82) is 0 Å². The highest BCUT2D eigenvalue weighted by atomic mass is 16.7. The second-order valence-electron chi connectivity index (χ2n) is 16.2. The monoisotopic (exact) mass is 808 g/mol. The van der Waals surface area contributed by atoms with Crippen molar-refractivity contribution >= 4 is 5.91 Å². The summed E-state index contributed by atoms with van der Waals surface area (Å²) in [6.07, 6.45) is 9.87. The number of amides is 1. The Labute approximate surface area is 336 Å². The molecule has 56 heavy (non-hydrogen) atoms. The Hall–Kier alpha value is -1.01. The van der Waals surface area contributed by atoms with E-state index in [1.807, 2.05) is 0 Å². The van der Waals surface area contributed by atoms with Crippen LogP contribution in [-0.2, 0) is 23.7 Å². The van der Waals surface area contributed by atoms with Crippen LogP contribution in [0.4, 0.5) is 0 Å². The number of carbonyl (C=O) groups excluding carboxylic acids is 1. The molecule has 4 unspecified atom stereocenters. The average molecular weight is 808 g/mol. The highest BCUT2D eigenvalue weighted by Crippen LogP contribution is 2.30. The summed E-state index contributed by atoms with van der Waals surface area (Å²) in [6.45, 7) is 2.79. The molecule has 0 bridgehead atoms. The number of hydrogen-bond acceptors (Lipinski definition) is 13. The first-order valence-corrected chi connectivity index (χ1v) is 22.3. The quantitative estimate of drug-likeness (QED) is 0.0430. The van der Waals surface area contributed by atoms with Crippen LogP contribution in [-0.4, -0.2) is 140 Å². The Morgan fingerprint density at radius 3 is 1.52 bits per heavy atom. The molecule has 2 aliphatic rings. The Kier molecular flexibility index (Phi) is 28.3. The third-order valence-corrected chi connectivity index (χ3v) is 11.3. The molecule has 0 aromatic heterocycles. The number of rotatable bonds is 33. The van der Waals surface area contributed by atoms with Crippen molar-refractivity contribution in [3.05, 3.63) is 0 Å². The molecule has 332 valence electrons. The van der Waals surface area contributed by atoms with Gasteiger partial charge in [0.1, 0.15) is 48.8 Å². The van der Waals surface area contributed by atoms with Gasteiger partial charge in [-0.2, -0.15) is 0 Å². The van der Waals surface area contributed by atoms with Crippen molar-refractivity contribution in [3.8, 4) is 0 Å². The topological polar surface area (TPSA) is 228 Å². The number of carbonyl (C=O) groups is 1. The van der Waals surface area contributed by atoms with Gasteiger partial charge < -0.3 is 65.1 Å². The molecule has 0 aliphatic carbocycles. The first-order valence-electron chi connectivity index (χ1n) is 22.3. The van der Waals surface area contributed by atoms with E-state index in [1.54, 1.807) is 0 Å². The molecular weight excluding hydrogens is 726 g/mol. The van der Waals surface area contributed by atoms with Gasteiger partial charge in [-0.25, -0.2) is 0 Å². The first kappa shape index (κ1) is 51.1. The van der Waals surface area contributed by atoms with Crippen LogP contribution in [0.1, 0.15) is 168 Å². The Morgan fingerprint density at radius 1 is 0.571 bits per heavy atom. The second-order valence-corrected chi connectivity index (χ2v) is 16.2.